The van der Waals surface area contributed by atoms with Crippen molar-refractivity contribution in [1.29, 1.82) is 0 Å². The lowest BCUT2D eigenvalue weighted by Crippen LogP contribution is -1.97. The van der Waals surface area contributed by atoms with Crippen molar-refractivity contribution in [2.75, 3.05) is 0 Å². The van der Waals surface area contributed by atoms with Gasteiger partial charge in [-0.25, -0.2) is 19.0 Å². The van der Waals surface area contributed by atoms with Crippen LogP contribution in [-0.2, 0) is 0 Å². The van der Waals surface area contributed by atoms with E-state index in [4.69, 9.17) is 0 Å². The molecule has 0 aromatic carbocycles. The highest BCUT2D eigenvalue weighted by molar-refractivity contribution is 5.38. The molecule has 0 saturated carbocycles. The average Bonchev–Trinajstić information content (AvgIpc) is 2.96. The van der Waals surface area contributed by atoms with Crippen LogP contribution in [0.5, 0.6) is 0 Å². The van der Waals surface area contributed by atoms with Gasteiger partial charge in [0, 0.05) is 12.4 Å². The molecule has 5 heteroatoms. The van der Waals surface area contributed by atoms with Gasteiger partial charge in [0.15, 0.2) is 5.82 Å². The van der Waals surface area contributed by atoms with Crippen LogP contribution in [0.1, 0.15) is 11.3 Å². The van der Waals surface area contributed by atoms with Gasteiger partial charge in [-0.15, -0.1) is 0 Å². The van der Waals surface area contributed by atoms with Gasteiger partial charge in [-0.3, -0.25) is 0 Å². The molecule has 4 nitrogen and oxygen atoms in total. The Morgan fingerprint density at radius 1 is 1.00 bits per heavy atom. The summed E-state index contributed by atoms with van der Waals surface area (Å²) in [6.07, 6.45) is 6.20. The Kier molecular flexibility index (Phi) is 3.21. The Bertz CT molecular complexity index is 767. The zero-order valence-electron chi connectivity index (χ0n) is 10.4. The molecule has 20 heavy (non-hydrogen) atoms. The third-order valence-corrected chi connectivity index (χ3v) is 2.53. The maximum atomic E-state index is 12.8. The first-order valence-electron chi connectivity index (χ1n) is 5.91. The highest BCUT2D eigenvalue weighted by Crippen LogP contribution is 2.05. The summed E-state index contributed by atoms with van der Waals surface area (Å²) in [6.45, 7) is 0. The maximum Gasteiger partial charge on any atom is 0.153 e. The molecule has 0 amide bonds. The monoisotopic (exact) mass is 264 g/mol. The SMILES string of the molecule is Fc1ccc(-n2cc(C#Cc3ccccn3)cn2)nc1. The second-order valence-corrected chi connectivity index (χ2v) is 3.97. The molecule has 3 aromatic heterocycles. The van der Waals surface area contributed by atoms with Crippen LogP contribution < -0.4 is 0 Å². The number of pyridine rings is 2. The third-order valence-electron chi connectivity index (χ3n) is 2.53. The molecule has 0 atom stereocenters. The normalized spacial score (nSPS) is 9.85. The van der Waals surface area contributed by atoms with Crippen molar-refractivity contribution in [2.24, 2.45) is 0 Å². The van der Waals surface area contributed by atoms with Crippen molar-refractivity contribution in [2.45, 2.75) is 0 Å². The van der Waals surface area contributed by atoms with Gasteiger partial charge in [-0.2, -0.15) is 5.10 Å². The van der Waals surface area contributed by atoms with E-state index in [1.54, 1.807) is 29.3 Å². The van der Waals surface area contributed by atoms with Gasteiger partial charge in [-0.1, -0.05) is 12.0 Å². The number of rotatable bonds is 1. The van der Waals surface area contributed by atoms with E-state index in [0.29, 0.717) is 11.5 Å². The van der Waals surface area contributed by atoms with Gasteiger partial charge >= 0.3 is 0 Å². The predicted octanol–water partition coefficient (Wildman–Crippen LogP) is 2.20. The Labute approximate surface area is 114 Å². The molecule has 0 unspecified atom stereocenters. The first kappa shape index (κ1) is 12.1. The fourth-order valence-electron chi connectivity index (χ4n) is 1.59. The van der Waals surface area contributed by atoms with E-state index in [2.05, 4.69) is 26.9 Å². The van der Waals surface area contributed by atoms with Crippen molar-refractivity contribution < 1.29 is 4.39 Å². The predicted molar refractivity (Wildman–Crippen MR) is 71.5 cm³/mol. The van der Waals surface area contributed by atoms with E-state index in [1.807, 2.05) is 18.2 Å². The van der Waals surface area contributed by atoms with Crippen LogP contribution in [0, 0.1) is 17.7 Å². The molecule has 0 bridgehead atoms. The van der Waals surface area contributed by atoms with E-state index in [1.165, 1.54) is 6.07 Å². The van der Waals surface area contributed by atoms with Crippen molar-refractivity contribution in [3.05, 3.63) is 72.2 Å². The van der Waals surface area contributed by atoms with E-state index in [9.17, 15) is 4.39 Å². The molecule has 0 radical (unpaired) electrons. The zero-order valence-corrected chi connectivity index (χ0v) is 10.4. The molecule has 0 spiro atoms. The Balaban J connectivity index is 1.84. The van der Waals surface area contributed by atoms with Crippen LogP contribution in [0.25, 0.3) is 5.82 Å². The summed E-state index contributed by atoms with van der Waals surface area (Å²) >= 11 is 0. The van der Waals surface area contributed by atoms with Gasteiger partial charge < -0.3 is 0 Å². The van der Waals surface area contributed by atoms with Crippen LogP contribution in [-0.4, -0.2) is 19.7 Å². The minimum Gasteiger partial charge on any atom is -0.248 e. The first-order valence-corrected chi connectivity index (χ1v) is 5.91. The van der Waals surface area contributed by atoms with Crippen molar-refractivity contribution in [3.63, 3.8) is 0 Å². The molecule has 0 fully saturated rings. The summed E-state index contributed by atoms with van der Waals surface area (Å²) in [5.41, 5.74) is 1.43. The second kappa shape index (κ2) is 5.33. The molecule has 0 aliphatic heterocycles. The minimum atomic E-state index is -0.379. The van der Waals surface area contributed by atoms with Crippen LogP contribution in [0.4, 0.5) is 4.39 Å². The zero-order chi connectivity index (χ0) is 13.8. The molecule has 0 saturated heterocycles. The lowest BCUT2D eigenvalue weighted by Gasteiger charge is -1.97. The fourth-order valence-corrected chi connectivity index (χ4v) is 1.59. The van der Waals surface area contributed by atoms with Crippen molar-refractivity contribution in [1.82, 2.24) is 19.7 Å². The second-order valence-electron chi connectivity index (χ2n) is 3.97. The Morgan fingerprint density at radius 3 is 2.70 bits per heavy atom. The van der Waals surface area contributed by atoms with E-state index in [0.717, 1.165) is 11.8 Å². The highest BCUT2D eigenvalue weighted by atomic mass is 19.1. The Morgan fingerprint density at radius 2 is 1.95 bits per heavy atom. The number of aromatic nitrogens is 4. The summed E-state index contributed by atoms with van der Waals surface area (Å²) < 4.78 is 14.3. The van der Waals surface area contributed by atoms with Crippen LogP contribution >= 0.6 is 0 Å². The quantitative estimate of drug-likeness (QED) is 0.633. The largest absolute Gasteiger partial charge is 0.248 e. The summed E-state index contributed by atoms with van der Waals surface area (Å²) in [4.78, 5) is 8.06. The average molecular weight is 264 g/mol. The molecule has 96 valence electrons. The molecule has 3 aromatic rings. The van der Waals surface area contributed by atoms with Crippen LogP contribution in [0.2, 0.25) is 0 Å². The summed E-state index contributed by atoms with van der Waals surface area (Å²) in [5.74, 6) is 6.07. The third kappa shape index (κ3) is 2.70. The molecular formula is C15H9FN4. The topological polar surface area (TPSA) is 43.6 Å². The Hall–Kier alpha value is -3.00. The van der Waals surface area contributed by atoms with Gasteiger partial charge in [0.1, 0.15) is 11.5 Å². The molecule has 3 rings (SSSR count). The molecule has 0 N–H and O–H groups in total. The smallest absolute Gasteiger partial charge is 0.153 e. The minimum absolute atomic E-state index is 0.379. The number of halogens is 1. The summed E-state index contributed by atoms with van der Waals surface area (Å²) in [6, 6.07) is 8.44. The maximum absolute atomic E-state index is 12.8. The van der Waals surface area contributed by atoms with Gasteiger partial charge in [0.05, 0.1) is 18.0 Å². The number of hydrogen-bond acceptors (Lipinski definition) is 3. The van der Waals surface area contributed by atoms with Crippen LogP contribution in [0.3, 0.4) is 0 Å². The number of hydrogen-bond donors (Lipinski definition) is 0. The number of nitrogens with zero attached hydrogens (tertiary/aromatic N) is 4. The highest BCUT2D eigenvalue weighted by Gasteiger charge is 2.00. The van der Waals surface area contributed by atoms with E-state index >= 15 is 0 Å². The van der Waals surface area contributed by atoms with E-state index in [-0.39, 0.29) is 5.82 Å². The fraction of sp³-hybridized carbons (Fsp3) is 0. The first-order chi connectivity index (χ1) is 9.81. The van der Waals surface area contributed by atoms with Crippen LogP contribution in [0.15, 0.2) is 55.1 Å². The standard InChI is InChI=1S/C15H9FN4/c16-13-5-7-15(18-10-13)20-11-12(9-19-20)4-6-14-3-1-2-8-17-14/h1-3,5,7-11H. The van der Waals surface area contributed by atoms with Crippen molar-refractivity contribution >= 4 is 0 Å². The van der Waals surface area contributed by atoms with Gasteiger partial charge in [-0.05, 0) is 30.2 Å². The lowest BCUT2D eigenvalue weighted by molar-refractivity contribution is 0.619. The van der Waals surface area contributed by atoms with Gasteiger partial charge in [0.2, 0.25) is 0 Å². The molecule has 0 aliphatic carbocycles. The summed E-state index contributed by atoms with van der Waals surface area (Å²) in [7, 11) is 0. The molecule has 3 heterocycles. The summed E-state index contributed by atoms with van der Waals surface area (Å²) in [5, 5.41) is 4.14. The molecule has 0 aliphatic rings. The molecular weight excluding hydrogens is 255 g/mol. The van der Waals surface area contributed by atoms with Gasteiger partial charge in [0.25, 0.3) is 0 Å². The van der Waals surface area contributed by atoms with Crippen molar-refractivity contribution in [3.8, 4) is 17.7 Å². The lowest BCUT2D eigenvalue weighted by atomic mass is 10.3. The van der Waals surface area contributed by atoms with E-state index < -0.39 is 0 Å².